The van der Waals surface area contributed by atoms with Gasteiger partial charge in [-0.3, -0.25) is 0 Å². The topological polar surface area (TPSA) is 81.2 Å². The van der Waals surface area contributed by atoms with Gasteiger partial charge in [0.25, 0.3) is 0 Å². The summed E-state index contributed by atoms with van der Waals surface area (Å²) in [4.78, 5) is 12.0. The number of hydrogen-bond acceptors (Lipinski definition) is 5. The fraction of sp³-hybridized carbons (Fsp3) is 0.500. The SMILES string of the molecule is CCOc1cc(/C=N\NC(=O)NC2CCCCC2)ccc1OCCOc1ccc([C@H](C)CC)cc1. The number of nitrogens with one attached hydrogen (secondary N) is 2. The van der Waals surface area contributed by atoms with E-state index in [1.54, 1.807) is 6.21 Å². The van der Waals surface area contributed by atoms with Crippen LogP contribution in [0.2, 0.25) is 0 Å². The zero-order chi connectivity index (χ0) is 24.9. The number of urea groups is 1. The van der Waals surface area contributed by atoms with Gasteiger partial charge in [-0.1, -0.05) is 45.2 Å². The maximum atomic E-state index is 12.0. The summed E-state index contributed by atoms with van der Waals surface area (Å²) in [5.41, 5.74) is 4.67. The van der Waals surface area contributed by atoms with Gasteiger partial charge in [0.15, 0.2) is 11.5 Å². The van der Waals surface area contributed by atoms with Crippen LogP contribution in [0.3, 0.4) is 0 Å². The lowest BCUT2D eigenvalue weighted by molar-refractivity contribution is 0.208. The van der Waals surface area contributed by atoms with Gasteiger partial charge in [-0.25, -0.2) is 10.2 Å². The molecule has 2 amide bonds. The van der Waals surface area contributed by atoms with Crippen molar-refractivity contribution < 1.29 is 19.0 Å². The highest BCUT2D eigenvalue weighted by Crippen LogP contribution is 2.28. The molecular weight excluding hydrogens is 442 g/mol. The van der Waals surface area contributed by atoms with Gasteiger partial charge in [0, 0.05) is 6.04 Å². The van der Waals surface area contributed by atoms with Crippen LogP contribution in [0.15, 0.2) is 47.6 Å². The summed E-state index contributed by atoms with van der Waals surface area (Å²) in [5.74, 6) is 2.65. The van der Waals surface area contributed by atoms with Crippen molar-refractivity contribution in [2.45, 2.75) is 71.3 Å². The number of ether oxygens (including phenoxy) is 3. The summed E-state index contributed by atoms with van der Waals surface area (Å²) in [6, 6.07) is 13.8. The van der Waals surface area contributed by atoms with Crippen molar-refractivity contribution in [1.82, 2.24) is 10.7 Å². The maximum Gasteiger partial charge on any atom is 0.335 e. The van der Waals surface area contributed by atoms with E-state index >= 15 is 0 Å². The molecule has 0 heterocycles. The van der Waals surface area contributed by atoms with E-state index < -0.39 is 0 Å². The first-order valence-corrected chi connectivity index (χ1v) is 12.8. The first-order chi connectivity index (χ1) is 17.1. The van der Waals surface area contributed by atoms with E-state index in [4.69, 9.17) is 14.2 Å². The molecule has 2 aromatic rings. The Morgan fingerprint density at radius 3 is 2.46 bits per heavy atom. The van der Waals surface area contributed by atoms with Gasteiger partial charge in [0.05, 0.1) is 12.8 Å². The molecule has 0 aromatic heterocycles. The summed E-state index contributed by atoms with van der Waals surface area (Å²) in [5, 5.41) is 7.04. The molecule has 1 aliphatic carbocycles. The van der Waals surface area contributed by atoms with Gasteiger partial charge < -0.3 is 19.5 Å². The van der Waals surface area contributed by atoms with E-state index in [0.717, 1.165) is 30.6 Å². The number of rotatable bonds is 12. The van der Waals surface area contributed by atoms with Gasteiger partial charge in [0.2, 0.25) is 0 Å². The molecule has 1 atom stereocenters. The Balaban J connectivity index is 1.46. The third-order valence-corrected chi connectivity index (χ3v) is 6.26. The maximum absolute atomic E-state index is 12.0. The molecule has 0 aliphatic heterocycles. The molecule has 0 radical (unpaired) electrons. The standard InChI is InChI=1S/C28H39N3O4/c1-4-21(3)23-12-14-25(15-13-23)34-17-18-35-26-16-11-22(19-27(26)33-5-2)20-29-31-28(32)30-24-9-7-6-8-10-24/h11-16,19-21,24H,4-10,17-18H2,1-3H3,(H2,30,31,32)/b29-20-/t21-/m1/s1. The second-order valence-electron chi connectivity index (χ2n) is 8.89. The summed E-state index contributed by atoms with van der Waals surface area (Å²) in [7, 11) is 0. The minimum atomic E-state index is -0.271. The van der Waals surface area contributed by atoms with Crippen LogP contribution in [-0.2, 0) is 0 Å². The van der Waals surface area contributed by atoms with Crippen LogP contribution in [0, 0.1) is 0 Å². The van der Waals surface area contributed by atoms with E-state index in [1.807, 2.05) is 37.3 Å². The lowest BCUT2D eigenvalue weighted by atomic mass is 9.96. The second kappa shape index (κ2) is 14.2. The first-order valence-electron chi connectivity index (χ1n) is 12.8. The van der Waals surface area contributed by atoms with Crippen molar-refractivity contribution in [3.8, 4) is 17.2 Å². The number of hydrazone groups is 1. The largest absolute Gasteiger partial charge is 0.490 e. The molecule has 190 valence electrons. The van der Waals surface area contributed by atoms with Crippen molar-refractivity contribution in [2.75, 3.05) is 19.8 Å². The van der Waals surface area contributed by atoms with Crippen molar-refractivity contribution in [3.63, 3.8) is 0 Å². The molecule has 0 spiro atoms. The van der Waals surface area contributed by atoms with E-state index in [9.17, 15) is 4.79 Å². The van der Waals surface area contributed by atoms with Crippen LogP contribution in [-0.4, -0.2) is 38.1 Å². The Labute approximate surface area is 209 Å². The van der Waals surface area contributed by atoms with Gasteiger partial charge >= 0.3 is 6.03 Å². The summed E-state index contributed by atoms with van der Waals surface area (Å²) >= 11 is 0. The van der Waals surface area contributed by atoms with E-state index in [1.165, 1.54) is 24.8 Å². The average molecular weight is 482 g/mol. The molecule has 2 N–H and O–H groups in total. The number of hydrogen-bond donors (Lipinski definition) is 2. The normalized spacial score (nSPS) is 14.9. The highest BCUT2D eigenvalue weighted by Gasteiger charge is 2.15. The van der Waals surface area contributed by atoms with E-state index in [-0.39, 0.29) is 12.1 Å². The Morgan fingerprint density at radius 1 is 1.00 bits per heavy atom. The van der Waals surface area contributed by atoms with Crippen LogP contribution in [0.4, 0.5) is 4.79 Å². The van der Waals surface area contributed by atoms with Crippen LogP contribution < -0.4 is 25.0 Å². The molecule has 0 saturated heterocycles. The Morgan fingerprint density at radius 2 is 1.74 bits per heavy atom. The van der Waals surface area contributed by atoms with Crippen LogP contribution in [0.25, 0.3) is 0 Å². The van der Waals surface area contributed by atoms with E-state index in [2.05, 4.69) is 41.8 Å². The third-order valence-electron chi connectivity index (χ3n) is 6.26. The molecule has 1 saturated carbocycles. The predicted molar refractivity (Wildman–Crippen MR) is 140 cm³/mol. The zero-order valence-corrected chi connectivity index (χ0v) is 21.2. The van der Waals surface area contributed by atoms with Crippen molar-refractivity contribution in [3.05, 3.63) is 53.6 Å². The first kappa shape index (κ1) is 26.4. The number of benzene rings is 2. The monoisotopic (exact) mass is 481 g/mol. The summed E-state index contributed by atoms with van der Waals surface area (Å²) < 4.78 is 17.5. The van der Waals surface area contributed by atoms with Crippen LogP contribution >= 0.6 is 0 Å². The zero-order valence-electron chi connectivity index (χ0n) is 21.2. The molecular formula is C28H39N3O4. The Bertz CT molecular complexity index is 940. The predicted octanol–water partition coefficient (Wildman–Crippen LogP) is 6.02. The Hall–Kier alpha value is -3.22. The minimum Gasteiger partial charge on any atom is -0.490 e. The van der Waals surface area contributed by atoms with Gasteiger partial charge in [-0.15, -0.1) is 0 Å². The highest BCUT2D eigenvalue weighted by atomic mass is 16.5. The highest BCUT2D eigenvalue weighted by molar-refractivity contribution is 5.82. The smallest absolute Gasteiger partial charge is 0.335 e. The lowest BCUT2D eigenvalue weighted by Gasteiger charge is -2.22. The number of nitrogens with zero attached hydrogens (tertiary/aromatic N) is 1. The van der Waals surface area contributed by atoms with Crippen LogP contribution in [0.1, 0.15) is 76.3 Å². The summed E-state index contributed by atoms with van der Waals surface area (Å²) in [6.07, 6.45) is 8.36. The fourth-order valence-corrected chi connectivity index (χ4v) is 4.06. The van der Waals surface area contributed by atoms with Gasteiger partial charge in [-0.2, -0.15) is 5.10 Å². The Kier molecular flexibility index (Phi) is 10.7. The molecule has 7 nitrogen and oxygen atoms in total. The lowest BCUT2D eigenvalue weighted by Crippen LogP contribution is -2.41. The molecule has 3 rings (SSSR count). The number of carbonyl (C=O) groups excluding carboxylic acids is 1. The van der Waals surface area contributed by atoms with Crippen LogP contribution in [0.5, 0.6) is 17.2 Å². The molecule has 1 fully saturated rings. The third kappa shape index (κ3) is 8.81. The molecule has 35 heavy (non-hydrogen) atoms. The number of carbonyl (C=O) groups is 1. The molecule has 0 unspecified atom stereocenters. The van der Waals surface area contributed by atoms with Crippen molar-refractivity contribution >= 4 is 12.2 Å². The number of amides is 2. The second-order valence-corrected chi connectivity index (χ2v) is 8.89. The molecule has 2 aromatic carbocycles. The average Bonchev–Trinajstić information content (AvgIpc) is 2.88. The van der Waals surface area contributed by atoms with Gasteiger partial charge in [-0.05, 0) is 73.6 Å². The van der Waals surface area contributed by atoms with Crippen molar-refractivity contribution in [2.24, 2.45) is 5.10 Å². The molecule has 7 heteroatoms. The van der Waals surface area contributed by atoms with E-state index in [0.29, 0.717) is 37.2 Å². The van der Waals surface area contributed by atoms with Crippen molar-refractivity contribution in [1.29, 1.82) is 0 Å². The molecule has 0 bridgehead atoms. The van der Waals surface area contributed by atoms with Gasteiger partial charge in [0.1, 0.15) is 19.0 Å². The minimum absolute atomic E-state index is 0.244. The fourth-order valence-electron chi connectivity index (χ4n) is 4.06. The molecule has 1 aliphatic rings. The summed E-state index contributed by atoms with van der Waals surface area (Å²) in [6.45, 7) is 7.67. The quantitative estimate of drug-likeness (QED) is 0.221.